The highest BCUT2D eigenvalue weighted by Crippen LogP contribution is 2.42. The first-order valence-electron chi connectivity index (χ1n) is 12.0. The van der Waals surface area contributed by atoms with Gasteiger partial charge in [-0.15, -0.1) is 6.58 Å². The summed E-state index contributed by atoms with van der Waals surface area (Å²) in [4.78, 5) is 21.9. The van der Waals surface area contributed by atoms with Crippen molar-refractivity contribution in [3.05, 3.63) is 77.5 Å². The zero-order valence-corrected chi connectivity index (χ0v) is 21.4. The molecule has 0 bridgehead atoms. The lowest BCUT2D eigenvalue weighted by atomic mass is 9.98. The van der Waals surface area contributed by atoms with Crippen molar-refractivity contribution in [3.63, 3.8) is 0 Å². The molecule has 0 radical (unpaired) electrons. The molecule has 1 heterocycles. The lowest BCUT2D eigenvalue weighted by molar-refractivity contribution is -0.117. The molecule has 8 heteroatoms. The molecule has 188 valence electrons. The fourth-order valence-corrected chi connectivity index (χ4v) is 5.60. The average Bonchev–Trinajstić information content (AvgIpc) is 3.10. The van der Waals surface area contributed by atoms with Crippen LogP contribution < -0.4 is 10.5 Å². The fraction of sp³-hybridized carbons (Fsp3) is 0.370. The number of primary amides is 1. The minimum atomic E-state index is -3.59. The van der Waals surface area contributed by atoms with E-state index in [0.29, 0.717) is 25.1 Å². The highest BCUT2D eigenvalue weighted by atomic mass is 31.2. The fourth-order valence-electron chi connectivity index (χ4n) is 4.54. The Bertz CT molecular complexity index is 1220. The molecule has 3 aromatic rings. The number of aromatic nitrogens is 1. The molecule has 1 atom stereocenters. The highest BCUT2D eigenvalue weighted by Gasteiger charge is 2.23. The molecule has 0 aliphatic carbocycles. The number of hydrogen-bond donors (Lipinski definition) is 2. The highest BCUT2D eigenvalue weighted by molar-refractivity contribution is 7.52. The standard InChI is InChI=1S/C27H35N2O5P/c1-4-11-21-25(33-16-10-17-35(31,32)34-6-3)15-14-24-27(21)22(18-26(28)30)23(5-2)29(24)19-20-12-8-7-9-13-20/h4,7-9,12-15H,1,5-6,10-11,16-19H2,2-3H3,(H2,28,30)(H,31,32). The van der Waals surface area contributed by atoms with Crippen molar-refractivity contribution in [3.8, 4) is 5.75 Å². The number of allylic oxidation sites excluding steroid dienone is 1. The van der Waals surface area contributed by atoms with E-state index in [1.165, 1.54) is 0 Å². The minimum absolute atomic E-state index is 0.0280. The molecule has 0 spiro atoms. The predicted molar refractivity (Wildman–Crippen MR) is 140 cm³/mol. The first kappa shape index (κ1) is 26.7. The van der Waals surface area contributed by atoms with Crippen LogP contribution in [0, 0.1) is 0 Å². The number of hydrogen-bond acceptors (Lipinski definition) is 4. The maximum atomic E-state index is 12.1. The summed E-state index contributed by atoms with van der Waals surface area (Å²) in [6.45, 7) is 8.82. The van der Waals surface area contributed by atoms with E-state index in [9.17, 15) is 14.3 Å². The van der Waals surface area contributed by atoms with Gasteiger partial charge in [0.05, 0.1) is 25.8 Å². The summed E-state index contributed by atoms with van der Waals surface area (Å²) in [6, 6.07) is 14.1. The number of fused-ring (bicyclic) bond motifs is 1. The number of carbonyl (C=O) groups is 1. The number of carbonyl (C=O) groups excluding carboxylic acids is 1. The van der Waals surface area contributed by atoms with Crippen LogP contribution in [0.15, 0.2) is 55.1 Å². The van der Waals surface area contributed by atoms with Gasteiger partial charge in [-0.1, -0.05) is 43.3 Å². The van der Waals surface area contributed by atoms with Gasteiger partial charge in [0.15, 0.2) is 0 Å². The molecule has 2 aromatic carbocycles. The van der Waals surface area contributed by atoms with Crippen molar-refractivity contribution in [2.75, 3.05) is 19.4 Å². The molecule has 0 saturated heterocycles. The number of nitrogens with zero attached hydrogens (tertiary/aromatic N) is 1. The van der Waals surface area contributed by atoms with E-state index in [1.807, 2.05) is 36.4 Å². The second-order valence-electron chi connectivity index (χ2n) is 8.40. The van der Waals surface area contributed by atoms with E-state index in [2.05, 4.69) is 30.2 Å². The van der Waals surface area contributed by atoms with Crippen LogP contribution in [0.4, 0.5) is 0 Å². The van der Waals surface area contributed by atoms with Crippen molar-refractivity contribution >= 4 is 24.4 Å². The summed E-state index contributed by atoms with van der Waals surface area (Å²) in [6.07, 6.45) is 3.65. The number of amides is 1. The van der Waals surface area contributed by atoms with Crippen LogP contribution in [-0.2, 0) is 39.7 Å². The lowest BCUT2D eigenvalue weighted by Gasteiger charge is -2.15. The second kappa shape index (κ2) is 12.2. The summed E-state index contributed by atoms with van der Waals surface area (Å²) < 4.78 is 25.2. The van der Waals surface area contributed by atoms with Crippen molar-refractivity contribution in [2.45, 2.75) is 46.1 Å². The monoisotopic (exact) mass is 498 g/mol. The maximum absolute atomic E-state index is 12.1. The quantitative estimate of drug-likeness (QED) is 0.185. The Kier molecular flexibility index (Phi) is 9.33. The summed E-state index contributed by atoms with van der Waals surface area (Å²) in [5.41, 5.74) is 10.8. The van der Waals surface area contributed by atoms with Crippen molar-refractivity contribution in [1.29, 1.82) is 0 Å². The number of rotatable bonds is 14. The van der Waals surface area contributed by atoms with Crippen molar-refractivity contribution in [1.82, 2.24) is 4.57 Å². The van der Waals surface area contributed by atoms with Crippen molar-refractivity contribution in [2.24, 2.45) is 5.73 Å². The number of benzene rings is 2. The van der Waals surface area contributed by atoms with E-state index in [1.54, 1.807) is 6.92 Å². The third kappa shape index (κ3) is 6.63. The molecule has 1 unspecified atom stereocenters. The van der Waals surface area contributed by atoms with E-state index in [-0.39, 0.29) is 31.7 Å². The zero-order valence-electron chi connectivity index (χ0n) is 20.5. The van der Waals surface area contributed by atoms with E-state index >= 15 is 0 Å². The van der Waals surface area contributed by atoms with Gasteiger partial charge in [0.25, 0.3) is 0 Å². The van der Waals surface area contributed by atoms with E-state index in [0.717, 1.165) is 39.7 Å². The first-order chi connectivity index (χ1) is 16.8. The molecule has 7 nitrogen and oxygen atoms in total. The largest absolute Gasteiger partial charge is 0.493 e. The molecule has 35 heavy (non-hydrogen) atoms. The van der Waals surface area contributed by atoms with Crippen molar-refractivity contribution < 1.29 is 23.5 Å². The molecule has 3 rings (SSSR count). The first-order valence-corrected chi connectivity index (χ1v) is 13.8. The van der Waals surface area contributed by atoms with Crippen LogP contribution in [0.2, 0.25) is 0 Å². The zero-order chi connectivity index (χ0) is 25.4. The van der Waals surface area contributed by atoms with Gasteiger partial charge in [0.2, 0.25) is 5.91 Å². The number of nitrogens with two attached hydrogens (primary N) is 1. The van der Waals surface area contributed by atoms with Crippen LogP contribution in [0.25, 0.3) is 10.9 Å². The Hall–Kier alpha value is -2.86. The summed E-state index contributed by atoms with van der Waals surface area (Å²) in [5.74, 6) is 0.288. The molecule has 0 fully saturated rings. The SMILES string of the molecule is C=CCc1c(OCCCP(=O)(O)OCC)ccc2c1c(CC(N)=O)c(CC)n2Cc1ccccc1. The molecule has 1 amide bonds. The molecule has 0 aliphatic rings. The molecular weight excluding hydrogens is 463 g/mol. The van der Waals surface area contributed by atoms with Crippen LogP contribution in [-0.4, -0.2) is 34.7 Å². The molecular formula is C27H35N2O5P. The maximum Gasteiger partial charge on any atom is 0.328 e. The Morgan fingerprint density at radius 2 is 1.91 bits per heavy atom. The van der Waals surface area contributed by atoms with Gasteiger partial charge in [-0.3, -0.25) is 9.36 Å². The van der Waals surface area contributed by atoms with Gasteiger partial charge in [0, 0.05) is 28.7 Å². The smallest absolute Gasteiger partial charge is 0.328 e. The Morgan fingerprint density at radius 1 is 1.17 bits per heavy atom. The van der Waals surface area contributed by atoms with Gasteiger partial charge in [-0.2, -0.15) is 0 Å². The van der Waals surface area contributed by atoms with Gasteiger partial charge in [-0.05, 0) is 49.4 Å². The summed E-state index contributed by atoms with van der Waals surface area (Å²) in [5, 5.41) is 0.969. The predicted octanol–water partition coefficient (Wildman–Crippen LogP) is 5.00. The summed E-state index contributed by atoms with van der Waals surface area (Å²) >= 11 is 0. The van der Waals surface area contributed by atoms with Gasteiger partial charge < -0.3 is 24.5 Å². The Balaban J connectivity index is 2.04. The minimum Gasteiger partial charge on any atom is -0.493 e. The lowest BCUT2D eigenvalue weighted by Crippen LogP contribution is -2.15. The van der Waals surface area contributed by atoms with Gasteiger partial charge in [-0.25, -0.2) is 0 Å². The third-order valence-electron chi connectivity index (χ3n) is 5.91. The molecule has 0 saturated carbocycles. The average molecular weight is 499 g/mol. The topological polar surface area (TPSA) is 104 Å². The van der Waals surface area contributed by atoms with Crippen LogP contribution >= 0.6 is 7.60 Å². The van der Waals surface area contributed by atoms with E-state index < -0.39 is 7.60 Å². The summed E-state index contributed by atoms with van der Waals surface area (Å²) in [7, 11) is -3.59. The Labute approximate surface area is 207 Å². The molecule has 3 N–H and O–H groups in total. The van der Waals surface area contributed by atoms with Gasteiger partial charge in [0.1, 0.15) is 5.75 Å². The van der Waals surface area contributed by atoms with E-state index in [4.69, 9.17) is 15.0 Å². The van der Waals surface area contributed by atoms with Gasteiger partial charge >= 0.3 is 7.60 Å². The normalized spacial score (nSPS) is 13.0. The Morgan fingerprint density at radius 3 is 2.54 bits per heavy atom. The molecule has 0 aliphatic heterocycles. The van der Waals surface area contributed by atoms with Crippen LogP contribution in [0.3, 0.4) is 0 Å². The van der Waals surface area contributed by atoms with Crippen LogP contribution in [0.5, 0.6) is 5.75 Å². The van der Waals surface area contributed by atoms with Crippen LogP contribution in [0.1, 0.15) is 42.7 Å². The second-order valence-corrected chi connectivity index (χ2v) is 10.4. The molecule has 1 aromatic heterocycles. The third-order valence-corrected chi connectivity index (χ3v) is 7.45. The number of ether oxygens (including phenoxy) is 1.